The Kier molecular flexibility index (Phi) is 7.31. The monoisotopic (exact) mass is 593 g/mol. The predicted molar refractivity (Wildman–Crippen MR) is 141 cm³/mol. The SMILES string of the molecule is C[C@@H]1Cc2cc(OS(=O)(=O)C(F)(F)F)ccc2[C@@H](c2c(F)cc(/C=C/C(=O)O)cc2F)N1c1ccc(C2CC2)cc1. The minimum atomic E-state index is -5.92. The minimum absolute atomic E-state index is 0.0170. The van der Waals surface area contributed by atoms with E-state index in [9.17, 15) is 26.4 Å². The molecule has 2 atom stereocenters. The molecule has 3 aromatic carbocycles. The molecule has 0 spiro atoms. The number of rotatable bonds is 7. The summed E-state index contributed by atoms with van der Waals surface area (Å²) in [6.07, 6.45) is 4.18. The molecule has 1 aliphatic heterocycles. The fourth-order valence-electron chi connectivity index (χ4n) is 5.23. The van der Waals surface area contributed by atoms with Crippen molar-refractivity contribution in [3.8, 4) is 5.75 Å². The van der Waals surface area contributed by atoms with Crippen LogP contribution in [0.5, 0.6) is 5.75 Å². The third-order valence-electron chi connectivity index (χ3n) is 7.20. The molecule has 5 rings (SSSR count). The van der Waals surface area contributed by atoms with Crippen LogP contribution in [0, 0.1) is 11.6 Å². The Balaban J connectivity index is 1.63. The van der Waals surface area contributed by atoms with Crippen LogP contribution in [0.3, 0.4) is 0 Å². The average Bonchev–Trinajstić information content (AvgIpc) is 3.72. The zero-order valence-corrected chi connectivity index (χ0v) is 22.3. The van der Waals surface area contributed by atoms with Crippen molar-refractivity contribution in [1.29, 1.82) is 0 Å². The van der Waals surface area contributed by atoms with Gasteiger partial charge >= 0.3 is 21.6 Å². The quantitative estimate of drug-likeness (QED) is 0.142. The zero-order valence-electron chi connectivity index (χ0n) is 21.5. The number of halogens is 5. The number of carboxylic acids is 1. The number of anilines is 1. The fraction of sp³-hybridized carbons (Fsp3) is 0.276. The molecular formula is C29H24F5NO5S. The first-order valence-electron chi connectivity index (χ1n) is 12.7. The third kappa shape index (κ3) is 5.79. The maximum Gasteiger partial charge on any atom is 0.534 e. The molecule has 6 nitrogen and oxygen atoms in total. The zero-order chi connectivity index (χ0) is 29.7. The van der Waals surface area contributed by atoms with Gasteiger partial charge in [-0.15, -0.1) is 0 Å². The summed E-state index contributed by atoms with van der Waals surface area (Å²) in [7, 11) is -5.92. The van der Waals surface area contributed by atoms with E-state index in [0.717, 1.165) is 54.8 Å². The van der Waals surface area contributed by atoms with Crippen LogP contribution in [0.25, 0.3) is 6.08 Å². The number of aliphatic carboxylic acids is 1. The summed E-state index contributed by atoms with van der Waals surface area (Å²) in [4.78, 5) is 12.7. The molecule has 3 aromatic rings. The Morgan fingerprint density at radius 2 is 1.66 bits per heavy atom. The van der Waals surface area contributed by atoms with Crippen LogP contribution < -0.4 is 9.08 Å². The second-order valence-electron chi connectivity index (χ2n) is 10.1. The van der Waals surface area contributed by atoms with Crippen molar-refractivity contribution in [3.63, 3.8) is 0 Å². The number of benzene rings is 3. The van der Waals surface area contributed by atoms with Gasteiger partial charge in [0.1, 0.15) is 17.4 Å². The van der Waals surface area contributed by atoms with Gasteiger partial charge in [0.15, 0.2) is 0 Å². The first-order chi connectivity index (χ1) is 19.2. The van der Waals surface area contributed by atoms with Crippen molar-refractivity contribution in [2.45, 2.75) is 49.7 Å². The second kappa shape index (κ2) is 10.5. The first-order valence-corrected chi connectivity index (χ1v) is 14.1. The van der Waals surface area contributed by atoms with Crippen LogP contribution in [-0.2, 0) is 21.3 Å². The lowest BCUT2D eigenvalue weighted by atomic mass is 9.83. The van der Waals surface area contributed by atoms with E-state index in [2.05, 4.69) is 4.18 Å². The van der Waals surface area contributed by atoms with Gasteiger partial charge in [-0.05, 0) is 96.8 Å². The lowest BCUT2D eigenvalue weighted by Gasteiger charge is -2.44. The summed E-state index contributed by atoms with van der Waals surface area (Å²) in [5, 5.41) is 8.87. The summed E-state index contributed by atoms with van der Waals surface area (Å²) >= 11 is 0. The van der Waals surface area contributed by atoms with Crippen LogP contribution in [0.4, 0.5) is 27.6 Å². The summed E-state index contributed by atoms with van der Waals surface area (Å²) in [6, 6.07) is 11.5. The standard InChI is InChI=1S/C29H24F5NO5S/c1-16-12-20-15-22(40-41(38,39)29(32,33)34)9-10-23(20)28(35(16)21-7-5-19(6-8-21)18-3-4-18)27-24(30)13-17(14-25(27)31)2-11-26(36)37/h2,5-11,13-16,18,28H,3-4,12H2,1H3,(H,36,37)/b11-2+/t16-,28+/m1/s1. The normalized spacial score (nSPS) is 19.3. The fourth-order valence-corrected chi connectivity index (χ4v) is 5.69. The summed E-state index contributed by atoms with van der Waals surface area (Å²) in [6.45, 7) is 1.78. The lowest BCUT2D eigenvalue weighted by molar-refractivity contribution is -0.131. The first kappa shape index (κ1) is 28.6. The number of alkyl halides is 3. The van der Waals surface area contributed by atoms with Crippen LogP contribution in [-0.4, -0.2) is 31.0 Å². The summed E-state index contributed by atoms with van der Waals surface area (Å²) in [5.74, 6) is -3.31. The number of carbonyl (C=O) groups is 1. The number of hydrogen-bond acceptors (Lipinski definition) is 5. The van der Waals surface area contributed by atoms with Crippen LogP contribution >= 0.6 is 0 Å². The Morgan fingerprint density at radius 1 is 1.02 bits per heavy atom. The summed E-state index contributed by atoms with van der Waals surface area (Å²) < 4.78 is 97.5. The Morgan fingerprint density at radius 3 is 2.22 bits per heavy atom. The molecule has 1 heterocycles. The maximum absolute atomic E-state index is 15.7. The molecule has 0 unspecified atom stereocenters. The molecular weight excluding hydrogens is 569 g/mol. The van der Waals surface area contributed by atoms with Crippen molar-refractivity contribution in [2.24, 2.45) is 0 Å². The highest BCUT2D eigenvalue weighted by molar-refractivity contribution is 7.88. The Labute approximate surface area is 232 Å². The highest BCUT2D eigenvalue weighted by atomic mass is 32.2. The molecule has 41 heavy (non-hydrogen) atoms. The number of nitrogens with zero attached hydrogens (tertiary/aromatic N) is 1. The minimum Gasteiger partial charge on any atom is -0.478 e. The van der Waals surface area contributed by atoms with Crippen LogP contribution in [0.1, 0.15) is 59.5 Å². The molecule has 0 radical (unpaired) electrons. The largest absolute Gasteiger partial charge is 0.534 e. The van der Waals surface area contributed by atoms with Crippen LogP contribution in [0.15, 0.2) is 60.7 Å². The Bertz CT molecular complexity index is 1610. The smallest absolute Gasteiger partial charge is 0.478 e. The highest BCUT2D eigenvalue weighted by Crippen LogP contribution is 2.45. The van der Waals surface area contributed by atoms with E-state index in [1.165, 1.54) is 6.07 Å². The van der Waals surface area contributed by atoms with E-state index in [-0.39, 0.29) is 17.5 Å². The van der Waals surface area contributed by atoms with Crippen LogP contribution in [0.2, 0.25) is 0 Å². The van der Waals surface area contributed by atoms with Crippen molar-refractivity contribution in [2.75, 3.05) is 4.90 Å². The van der Waals surface area contributed by atoms with E-state index in [1.54, 1.807) is 11.8 Å². The van der Waals surface area contributed by atoms with Gasteiger partial charge in [-0.25, -0.2) is 13.6 Å². The van der Waals surface area contributed by atoms with Gasteiger partial charge in [-0.1, -0.05) is 18.2 Å². The van der Waals surface area contributed by atoms with E-state index < -0.39 is 51.1 Å². The number of carboxylic acid groups (broad SMARTS) is 1. The average molecular weight is 594 g/mol. The van der Waals surface area contributed by atoms with E-state index >= 15 is 8.78 Å². The molecule has 1 aliphatic carbocycles. The Hall–Kier alpha value is -3.93. The maximum atomic E-state index is 15.7. The van der Waals surface area contributed by atoms with Gasteiger partial charge in [0, 0.05) is 17.8 Å². The van der Waals surface area contributed by atoms with E-state index in [1.807, 2.05) is 24.3 Å². The molecule has 12 heteroatoms. The summed E-state index contributed by atoms with van der Waals surface area (Å²) in [5.41, 5.74) is -3.49. The van der Waals surface area contributed by atoms with E-state index in [4.69, 9.17) is 5.11 Å². The van der Waals surface area contributed by atoms with Gasteiger partial charge < -0.3 is 14.2 Å². The molecule has 1 fully saturated rings. The molecule has 216 valence electrons. The molecule has 0 aromatic heterocycles. The van der Waals surface area contributed by atoms with Gasteiger partial charge in [-0.2, -0.15) is 21.6 Å². The van der Waals surface area contributed by atoms with Gasteiger partial charge in [0.2, 0.25) is 0 Å². The molecule has 0 amide bonds. The van der Waals surface area contributed by atoms with Gasteiger partial charge in [0.25, 0.3) is 0 Å². The second-order valence-corrected chi connectivity index (χ2v) is 11.7. The van der Waals surface area contributed by atoms with Gasteiger partial charge in [-0.3, -0.25) is 0 Å². The number of fused-ring (bicyclic) bond motifs is 1. The van der Waals surface area contributed by atoms with Gasteiger partial charge in [0.05, 0.1) is 11.6 Å². The molecule has 2 aliphatic rings. The van der Waals surface area contributed by atoms with Crippen molar-refractivity contribution >= 4 is 27.9 Å². The highest BCUT2D eigenvalue weighted by Gasteiger charge is 2.48. The predicted octanol–water partition coefficient (Wildman–Crippen LogP) is 6.71. The van der Waals surface area contributed by atoms with Crippen molar-refractivity contribution in [1.82, 2.24) is 0 Å². The lowest BCUT2D eigenvalue weighted by Crippen LogP contribution is -2.43. The molecule has 1 N–H and O–H groups in total. The van der Waals surface area contributed by atoms with Crippen molar-refractivity contribution in [3.05, 3.63) is 100 Å². The topological polar surface area (TPSA) is 83.9 Å². The van der Waals surface area contributed by atoms with E-state index in [0.29, 0.717) is 22.7 Å². The molecule has 1 saturated carbocycles. The third-order valence-corrected chi connectivity index (χ3v) is 8.18. The molecule has 0 saturated heterocycles. The van der Waals surface area contributed by atoms with Crippen molar-refractivity contribution < 1.29 is 44.5 Å². The number of hydrogen-bond donors (Lipinski definition) is 1. The molecule has 0 bridgehead atoms.